The number of aromatic nitrogens is 4. The molecule has 0 fully saturated rings. The monoisotopic (exact) mass is 189 g/mol. The van der Waals surface area contributed by atoms with Crippen molar-refractivity contribution in [3.63, 3.8) is 0 Å². The number of hydrogen-bond donors (Lipinski definition) is 2. The largest absolute Gasteiger partial charge is 0.318 e. The third kappa shape index (κ3) is 1.74. The molecule has 0 bridgehead atoms. The summed E-state index contributed by atoms with van der Waals surface area (Å²) in [4.78, 5) is 19.0. The van der Waals surface area contributed by atoms with E-state index in [1.54, 1.807) is 24.5 Å². The van der Waals surface area contributed by atoms with Crippen LogP contribution >= 0.6 is 0 Å². The summed E-state index contributed by atoms with van der Waals surface area (Å²) in [6, 6.07) is 3.47. The van der Waals surface area contributed by atoms with Crippen LogP contribution in [-0.4, -0.2) is 26.1 Å². The van der Waals surface area contributed by atoms with Crippen molar-refractivity contribution in [3.8, 4) is 0 Å². The van der Waals surface area contributed by atoms with Crippen molar-refractivity contribution in [2.24, 2.45) is 0 Å². The van der Waals surface area contributed by atoms with E-state index >= 15 is 0 Å². The van der Waals surface area contributed by atoms with Crippen LogP contribution in [0, 0.1) is 0 Å². The molecule has 2 aromatic heterocycles. The summed E-state index contributed by atoms with van der Waals surface area (Å²) in [6.45, 7) is 0. The van der Waals surface area contributed by atoms with Gasteiger partial charge in [0.25, 0.3) is 5.91 Å². The van der Waals surface area contributed by atoms with E-state index < -0.39 is 0 Å². The molecule has 0 atom stereocenters. The van der Waals surface area contributed by atoms with Gasteiger partial charge in [-0.25, -0.2) is 4.98 Å². The van der Waals surface area contributed by atoms with Gasteiger partial charge in [0.05, 0.1) is 11.9 Å². The molecular formula is C8H7N5O. The highest BCUT2D eigenvalue weighted by atomic mass is 16.2. The Hall–Kier alpha value is -2.24. The Balaban J connectivity index is 2.10. The maximum atomic E-state index is 11.4. The van der Waals surface area contributed by atoms with Crippen LogP contribution in [0.3, 0.4) is 0 Å². The van der Waals surface area contributed by atoms with Crippen LogP contribution in [0.4, 0.5) is 5.69 Å². The van der Waals surface area contributed by atoms with Crippen molar-refractivity contribution in [1.82, 2.24) is 20.2 Å². The van der Waals surface area contributed by atoms with Crippen LogP contribution in [-0.2, 0) is 0 Å². The van der Waals surface area contributed by atoms with Crippen molar-refractivity contribution in [3.05, 3.63) is 36.7 Å². The molecule has 0 aromatic carbocycles. The summed E-state index contributed by atoms with van der Waals surface area (Å²) in [5.74, 6) is -0.163. The van der Waals surface area contributed by atoms with Gasteiger partial charge in [0.2, 0.25) is 5.82 Å². The third-order valence-electron chi connectivity index (χ3n) is 1.55. The lowest BCUT2D eigenvalue weighted by atomic mass is 10.4. The van der Waals surface area contributed by atoms with Gasteiger partial charge in [-0.15, -0.1) is 0 Å². The molecule has 0 saturated carbocycles. The molecular weight excluding hydrogens is 182 g/mol. The minimum absolute atomic E-state index is 0.175. The van der Waals surface area contributed by atoms with E-state index in [0.29, 0.717) is 5.69 Å². The number of rotatable bonds is 2. The average Bonchev–Trinajstić information content (AvgIpc) is 2.72. The predicted octanol–water partition coefficient (Wildman–Crippen LogP) is 0.452. The van der Waals surface area contributed by atoms with Gasteiger partial charge in [-0.1, -0.05) is 0 Å². The van der Waals surface area contributed by atoms with Gasteiger partial charge in [-0.05, 0) is 12.1 Å². The maximum absolute atomic E-state index is 11.4. The minimum atomic E-state index is -0.337. The quantitative estimate of drug-likeness (QED) is 0.718. The second-order valence-electron chi connectivity index (χ2n) is 2.53. The molecule has 0 aliphatic carbocycles. The van der Waals surface area contributed by atoms with Crippen LogP contribution in [0.15, 0.2) is 30.9 Å². The Bertz CT molecular complexity index is 411. The number of H-pyrrole nitrogens is 1. The molecule has 2 rings (SSSR count). The summed E-state index contributed by atoms with van der Waals surface area (Å²) >= 11 is 0. The van der Waals surface area contributed by atoms with E-state index in [4.69, 9.17) is 0 Å². The average molecular weight is 189 g/mol. The lowest BCUT2D eigenvalue weighted by molar-refractivity contribution is 0.101. The van der Waals surface area contributed by atoms with Crippen LogP contribution in [0.2, 0.25) is 0 Å². The van der Waals surface area contributed by atoms with Crippen LogP contribution in [0.5, 0.6) is 0 Å². The van der Waals surface area contributed by atoms with E-state index in [1.165, 1.54) is 6.33 Å². The SMILES string of the molecule is O=C(Nc1cccnc1)c1ncn[nH]1. The number of carbonyl (C=O) groups excluding carboxylic acids is 1. The Morgan fingerprint density at radius 3 is 3.07 bits per heavy atom. The lowest BCUT2D eigenvalue weighted by Gasteiger charge is -2.00. The Morgan fingerprint density at radius 1 is 1.50 bits per heavy atom. The molecule has 0 aliphatic rings. The number of carbonyl (C=O) groups is 1. The van der Waals surface area contributed by atoms with Crippen molar-refractivity contribution in [1.29, 1.82) is 0 Å². The molecule has 0 aliphatic heterocycles. The normalized spacial score (nSPS) is 9.71. The fraction of sp³-hybridized carbons (Fsp3) is 0. The molecule has 14 heavy (non-hydrogen) atoms. The van der Waals surface area contributed by atoms with E-state index in [2.05, 4.69) is 25.5 Å². The zero-order valence-electron chi connectivity index (χ0n) is 7.14. The van der Waals surface area contributed by atoms with Gasteiger partial charge in [-0.2, -0.15) is 5.10 Å². The molecule has 2 aromatic rings. The Morgan fingerprint density at radius 2 is 2.43 bits per heavy atom. The minimum Gasteiger partial charge on any atom is -0.318 e. The lowest BCUT2D eigenvalue weighted by Crippen LogP contribution is -2.13. The van der Waals surface area contributed by atoms with Crippen molar-refractivity contribution >= 4 is 11.6 Å². The zero-order chi connectivity index (χ0) is 9.80. The highest BCUT2D eigenvalue weighted by Gasteiger charge is 2.07. The maximum Gasteiger partial charge on any atom is 0.293 e. The van der Waals surface area contributed by atoms with Crippen molar-refractivity contribution in [2.45, 2.75) is 0 Å². The van der Waals surface area contributed by atoms with Crippen LogP contribution in [0.1, 0.15) is 10.6 Å². The summed E-state index contributed by atoms with van der Waals surface area (Å²) in [5, 5.41) is 8.65. The number of aromatic amines is 1. The zero-order valence-corrected chi connectivity index (χ0v) is 7.14. The molecule has 0 saturated heterocycles. The fourth-order valence-corrected chi connectivity index (χ4v) is 0.942. The number of amides is 1. The van der Waals surface area contributed by atoms with Crippen LogP contribution in [0.25, 0.3) is 0 Å². The molecule has 1 amide bonds. The topological polar surface area (TPSA) is 83.6 Å². The Kier molecular flexibility index (Phi) is 2.18. The molecule has 0 radical (unpaired) electrons. The van der Waals surface area contributed by atoms with Gasteiger partial charge >= 0.3 is 0 Å². The smallest absolute Gasteiger partial charge is 0.293 e. The van der Waals surface area contributed by atoms with Crippen molar-refractivity contribution < 1.29 is 4.79 Å². The highest BCUT2D eigenvalue weighted by Crippen LogP contribution is 2.03. The first-order chi connectivity index (χ1) is 6.86. The number of nitrogens with one attached hydrogen (secondary N) is 2. The molecule has 0 unspecified atom stereocenters. The van der Waals surface area contributed by atoms with E-state index in [0.717, 1.165) is 0 Å². The van der Waals surface area contributed by atoms with Gasteiger partial charge in [0.15, 0.2) is 0 Å². The second-order valence-corrected chi connectivity index (χ2v) is 2.53. The van der Waals surface area contributed by atoms with E-state index in [9.17, 15) is 4.79 Å². The summed E-state index contributed by atoms with van der Waals surface area (Å²) in [5.41, 5.74) is 0.619. The molecule has 2 N–H and O–H groups in total. The second kappa shape index (κ2) is 3.65. The van der Waals surface area contributed by atoms with Crippen LogP contribution < -0.4 is 5.32 Å². The van der Waals surface area contributed by atoms with Gasteiger partial charge in [0, 0.05) is 6.20 Å². The molecule has 2 heterocycles. The number of anilines is 1. The predicted molar refractivity (Wildman–Crippen MR) is 48.6 cm³/mol. The van der Waals surface area contributed by atoms with Gasteiger partial charge in [-0.3, -0.25) is 14.9 Å². The summed E-state index contributed by atoms with van der Waals surface area (Å²) in [7, 11) is 0. The highest BCUT2D eigenvalue weighted by molar-refractivity contribution is 6.01. The van der Waals surface area contributed by atoms with E-state index in [-0.39, 0.29) is 11.7 Å². The molecule has 6 heteroatoms. The third-order valence-corrected chi connectivity index (χ3v) is 1.55. The molecule has 0 spiro atoms. The molecule has 70 valence electrons. The fourth-order valence-electron chi connectivity index (χ4n) is 0.942. The Labute approximate surface area is 79.4 Å². The standard InChI is InChI=1S/C8H7N5O/c14-8(7-10-5-11-13-7)12-6-2-1-3-9-4-6/h1-5H,(H,12,14)(H,10,11,13). The van der Waals surface area contributed by atoms with Crippen molar-refractivity contribution in [2.75, 3.05) is 5.32 Å². The number of hydrogen-bond acceptors (Lipinski definition) is 4. The summed E-state index contributed by atoms with van der Waals surface area (Å²) < 4.78 is 0. The first-order valence-corrected chi connectivity index (χ1v) is 3.93. The van der Waals surface area contributed by atoms with Gasteiger partial charge in [0.1, 0.15) is 6.33 Å². The van der Waals surface area contributed by atoms with Gasteiger partial charge < -0.3 is 5.32 Å². The first-order valence-electron chi connectivity index (χ1n) is 3.93. The first kappa shape index (κ1) is 8.36. The summed E-state index contributed by atoms with van der Waals surface area (Å²) in [6.07, 6.45) is 4.45. The number of pyridine rings is 1. The van der Waals surface area contributed by atoms with E-state index in [1.807, 2.05) is 0 Å². The number of nitrogens with zero attached hydrogens (tertiary/aromatic N) is 3. The molecule has 6 nitrogen and oxygen atoms in total.